The highest BCUT2D eigenvalue weighted by molar-refractivity contribution is 8.18. The van der Waals surface area contributed by atoms with Crippen molar-refractivity contribution < 1.29 is 23.9 Å². The number of ether oxygens (including phenoxy) is 2. The van der Waals surface area contributed by atoms with Crippen molar-refractivity contribution in [2.75, 3.05) is 13.7 Å². The summed E-state index contributed by atoms with van der Waals surface area (Å²) in [6.45, 7) is 0.265. The van der Waals surface area contributed by atoms with Crippen LogP contribution in [-0.2, 0) is 16.1 Å². The van der Waals surface area contributed by atoms with Crippen molar-refractivity contribution in [2.45, 2.75) is 6.54 Å². The Balaban J connectivity index is 1.59. The molecule has 1 fully saturated rings. The van der Waals surface area contributed by atoms with Gasteiger partial charge in [-0.05, 0) is 41.1 Å². The van der Waals surface area contributed by atoms with Crippen LogP contribution in [0, 0.1) is 0 Å². The van der Waals surface area contributed by atoms with Crippen LogP contribution < -0.4 is 20.1 Å². The first-order valence-electron chi connectivity index (χ1n) is 8.41. The Morgan fingerprint density at radius 2 is 1.93 bits per heavy atom. The van der Waals surface area contributed by atoms with Gasteiger partial charge in [0, 0.05) is 6.54 Å². The number of rotatable bonds is 7. The molecular weight excluding hydrogens is 380 g/mol. The van der Waals surface area contributed by atoms with Gasteiger partial charge in [-0.2, -0.15) is 0 Å². The van der Waals surface area contributed by atoms with Gasteiger partial charge in [-0.3, -0.25) is 19.7 Å². The van der Waals surface area contributed by atoms with Gasteiger partial charge < -0.3 is 14.8 Å². The van der Waals surface area contributed by atoms with Crippen molar-refractivity contribution in [2.24, 2.45) is 0 Å². The van der Waals surface area contributed by atoms with E-state index in [-0.39, 0.29) is 12.5 Å². The molecule has 0 radical (unpaired) electrons. The molecule has 144 valence electrons. The zero-order chi connectivity index (χ0) is 19.9. The van der Waals surface area contributed by atoms with Crippen LogP contribution >= 0.6 is 11.8 Å². The molecule has 1 heterocycles. The number of hydrogen-bond donors (Lipinski definition) is 2. The average molecular weight is 398 g/mol. The minimum Gasteiger partial charge on any atom is -0.493 e. The van der Waals surface area contributed by atoms with Crippen LogP contribution in [0.4, 0.5) is 4.79 Å². The molecule has 3 rings (SSSR count). The van der Waals surface area contributed by atoms with Gasteiger partial charge in [0.05, 0.1) is 12.0 Å². The Hall–Kier alpha value is -3.26. The van der Waals surface area contributed by atoms with Gasteiger partial charge in [0.25, 0.3) is 17.1 Å². The van der Waals surface area contributed by atoms with E-state index in [2.05, 4.69) is 10.6 Å². The number of nitrogens with one attached hydrogen (secondary N) is 2. The highest BCUT2D eigenvalue weighted by atomic mass is 32.2. The van der Waals surface area contributed by atoms with E-state index >= 15 is 0 Å². The molecular formula is C20H18N2O5S. The largest absolute Gasteiger partial charge is 0.493 e. The summed E-state index contributed by atoms with van der Waals surface area (Å²) >= 11 is 0.840. The van der Waals surface area contributed by atoms with Gasteiger partial charge in [-0.1, -0.05) is 36.4 Å². The van der Waals surface area contributed by atoms with E-state index in [1.807, 2.05) is 30.3 Å². The molecule has 2 aromatic carbocycles. The lowest BCUT2D eigenvalue weighted by Crippen LogP contribution is -2.28. The van der Waals surface area contributed by atoms with Crippen LogP contribution in [0.25, 0.3) is 6.08 Å². The molecule has 7 nitrogen and oxygen atoms in total. The molecule has 1 aliphatic heterocycles. The average Bonchev–Trinajstić information content (AvgIpc) is 3.02. The first-order chi connectivity index (χ1) is 13.5. The third-order valence-electron chi connectivity index (χ3n) is 3.82. The minimum atomic E-state index is -0.426. The first-order valence-corrected chi connectivity index (χ1v) is 9.23. The summed E-state index contributed by atoms with van der Waals surface area (Å²) in [4.78, 5) is 35.2. The lowest BCUT2D eigenvalue weighted by Gasteiger charge is -2.11. The van der Waals surface area contributed by atoms with E-state index in [0.29, 0.717) is 28.5 Å². The first kappa shape index (κ1) is 19.5. The van der Waals surface area contributed by atoms with Gasteiger partial charge in [-0.15, -0.1) is 0 Å². The van der Waals surface area contributed by atoms with Crippen molar-refractivity contribution in [1.82, 2.24) is 10.6 Å². The van der Waals surface area contributed by atoms with E-state index in [1.165, 1.54) is 7.11 Å². The Labute approximate surface area is 166 Å². The Morgan fingerprint density at radius 1 is 1.14 bits per heavy atom. The van der Waals surface area contributed by atoms with Crippen LogP contribution in [0.15, 0.2) is 53.4 Å². The monoisotopic (exact) mass is 398 g/mol. The fraction of sp³-hybridized carbons (Fsp3) is 0.150. The highest BCUT2D eigenvalue weighted by Gasteiger charge is 2.25. The fourth-order valence-electron chi connectivity index (χ4n) is 2.46. The maximum absolute atomic E-state index is 12.0. The third-order valence-corrected chi connectivity index (χ3v) is 4.63. The molecule has 0 atom stereocenters. The number of carbonyl (C=O) groups is 3. The van der Waals surface area contributed by atoms with E-state index in [1.54, 1.807) is 24.3 Å². The predicted octanol–water partition coefficient (Wildman–Crippen LogP) is 2.71. The molecule has 8 heteroatoms. The third kappa shape index (κ3) is 5.14. The number of imide groups is 1. The van der Waals surface area contributed by atoms with Crippen LogP contribution in [0.1, 0.15) is 11.1 Å². The van der Waals surface area contributed by atoms with Gasteiger partial charge in [0.1, 0.15) is 0 Å². The lowest BCUT2D eigenvalue weighted by molar-refractivity contribution is -0.123. The molecule has 0 saturated carbocycles. The number of carbonyl (C=O) groups excluding carboxylic acids is 3. The van der Waals surface area contributed by atoms with E-state index in [4.69, 9.17) is 9.47 Å². The van der Waals surface area contributed by atoms with Crippen LogP contribution in [0.2, 0.25) is 0 Å². The maximum Gasteiger partial charge on any atom is 0.290 e. The fourth-order valence-corrected chi connectivity index (χ4v) is 3.14. The van der Waals surface area contributed by atoms with Crippen LogP contribution in [0.3, 0.4) is 0 Å². The molecule has 0 aromatic heterocycles. The van der Waals surface area contributed by atoms with Gasteiger partial charge in [0.2, 0.25) is 0 Å². The Kier molecular flexibility index (Phi) is 6.33. The Morgan fingerprint density at radius 3 is 2.61 bits per heavy atom. The second-order valence-corrected chi connectivity index (χ2v) is 6.83. The van der Waals surface area contributed by atoms with Crippen LogP contribution in [-0.4, -0.2) is 30.8 Å². The molecule has 2 N–H and O–H groups in total. The normalized spacial score (nSPS) is 14.7. The highest BCUT2D eigenvalue weighted by Crippen LogP contribution is 2.31. The second kappa shape index (κ2) is 9.09. The molecule has 2 aromatic rings. The summed E-state index contributed by atoms with van der Waals surface area (Å²) in [5, 5.41) is 4.58. The molecule has 0 unspecified atom stereocenters. The number of thioether (sulfide) groups is 1. The zero-order valence-corrected chi connectivity index (χ0v) is 15.9. The lowest BCUT2D eigenvalue weighted by atomic mass is 10.2. The summed E-state index contributed by atoms with van der Waals surface area (Å²) < 4.78 is 10.8. The van der Waals surface area contributed by atoms with Crippen molar-refractivity contribution in [3.63, 3.8) is 0 Å². The second-order valence-electron chi connectivity index (χ2n) is 5.81. The summed E-state index contributed by atoms with van der Waals surface area (Å²) in [5.41, 5.74) is 1.67. The van der Waals surface area contributed by atoms with Crippen molar-refractivity contribution in [1.29, 1.82) is 0 Å². The van der Waals surface area contributed by atoms with E-state index in [9.17, 15) is 14.4 Å². The molecule has 0 bridgehead atoms. The van der Waals surface area contributed by atoms with E-state index in [0.717, 1.165) is 17.3 Å². The molecule has 0 spiro atoms. The predicted molar refractivity (Wildman–Crippen MR) is 106 cm³/mol. The van der Waals surface area contributed by atoms with Gasteiger partial charge >= 0.3 is 0 Å². The van der Waals surface area contributed by atoms with Crippen molar-refractivity contribution in [3.05, 3.63) is 64.6 Å². The maximum atomic E-state index is 12.0. The van der Waals surface area contributed by atoms with Crippen molar-refractivity contribution >= 4 is 34.9 Å². The molecule has 1 aliphatic rings. The topological polar surface area (TPSA) is 93.7 Å². The molecule has 28 heavy (non-hydrogen) atoms. The minimum absolute atomic E-state index is 0.156. The number of hydrogen-bond acceptors (Lipinski definition) is 6. The summed E-state index contributed by atoms with van der Waals surface area (Å²) in [5.74, 6) is 0.137. The summed E-state index contributed by atoms with van der Waals surface area (Å²) in [6.07, 6.45) is 1.59. The van der Waals surface area contributed by atoms with Crippen LogP contribution in [0.5, 0.6) is 11.5 Å². The number of methoxy groups -OCH3 is 1. The number of amides is 3. The van der Waals surface area contributed by atoms with E-state index < -0.39 is 11.1 Å². The molecule has 0 aliphatic carbocycles. The Bertz CT molecular complexity index is 927. The van der Waals surface area contributed by atoms with Crippen molar-refractivity contribution in [3.8, 4) is 11.5 Å². The smallest absolute Gasteiger partial charge is 0.290 e. The van der Waals surface area contributed by atoms with Gasteiger partial charge in [-0.25, -0.2) is 0 Å². The summed E-state index contributed by atoms with van der Waals surface area (Å²) in [7, 11) is 1.48. The molecule has 3 amide bonds. The molecule has 1 saturated heterocycles. The standard InChI is InChI=1S/C20H18N2O5S/c1-26-16-9-14(10-17-19(24)22-20(25)28-17)7-8-15(16)27-12-18(23)21-11-13-5-3-2-4-6-13/h2-10H,11-12H2,1H3,(H,21,23)(H,22,24,25)/b17-10+. The summed E-state index contributed by atoms with van der Waals surface area (Å²) in [6, 6.07) is 14.6. The quantitative estimate of drug-likeness (QED) is 0.697. The zero-order valence-electron chi connectivity index (χ0n) is 15.1. The van der Waals surface area contributed by atoms with Gasteiger partial charge in [0.15, 0.2) is 18.1 Å². The number of benzene rings is 2. The SMILES string of the molecule is COc1cc(/C=C2/SC(=O)NC2=O)ccc1OCC(=O)NCc1ccccc1.